The third-order valence-corrected chi connectivity index (χ3v) is 5.28. The quantitative estimate of drug-likeness (QED) is 0.432. The van der Waals surface area contributed by atoms with Gasteiger partial charge in [-0.15, -0.1) is 11.3 Å². The highest BCUT2D eigenvalue weighted by Crippen LogP contribution is 2.33. The van der Waals surface area contributed by atoms with Crippen LogP contribution in [0.5, 0.6) is 11.5 Å². The average molecular weight is 404 g/mol. The molecule has 0 saturated carbocycles. The Morgan fingerprint density at radius 1 is 0.793 bits per heavy atom. The molecule has 0 fully saturated rings. The van der Waals surface area contributed by atoms with Crippen molar-refractivity contribution in [1.29, 1.82) is 0 Å². The second kappa shape index (κ2) is 8.32. The van der Waals surface area contributed by atoms with Gasteiger partial charge in [-0.1, -0.05) is 36.4 Å². The molecule has 4 rings (SSSR count). The maximum Gasteiger partial charge on any atom is 0.188 e. The molecule has 4 aromatic rings. The minimum atomic E-state index is 0.717. The molecule has 29 heavy (non-hydrogen) atoms. The maximum atomic E-state index is 5.40. The molecule has 0 unspecified atom stereocenters. The van der Waals surface area contributed by atoms with E-state index in [0.717, 1.165) is 44.8 Å². The highest BCUT2D eigenvalue weighted by atomic mass is 32.1. The molecule has 1 N–H and O–H groups in total. The van der Waals surface area contributed by atoms with Crippen molar-refractivity contribution >= 4 is 22.3 Å². The van der Waals surface area contributed by atoms with Gasteiger partial charge in [0.15, 0.2) is 16.6 Å². The lowest BCUT2D eigenvalue weighted by Gasteiger charge is -2.10. The van der Waals surface area contributed by atoms with Gasteiger partial charge in [-0.05, 0) is 42.3 Å². The summed E-state index contributed by atoms with van der Waals surface area (Å²) < 4.78 is 10.7. The molecule has 2 aromatic carbocycles. The van der Waals surface area contributed by atoms with Crippen LogP contribution in [0, 0.1) is 6.92 Å². The first-order valence-electron chi connectivity index (χ1n) is 9.15. The molecule has 6 heteroatoms. The van der Waals surface area contributed by atoms with Gasteiger partial charge in [0.05, 0.1) is 19.9 Å². The number of benzene rings is 2. The number of nitrogens with zero attached hydrogens (tertiary/aromatic N) is 2. The van der Waals surface area contributed by atoms with Crippen LogP contribution in [0.4, 0.5) is 10.9 Å². The highest BCUT2D eigenvalue weighted by molar-refractivity contribution is 7.14. The first kappa shape index (κ1) is 19.0. The van der Waals surface area contributed by atoms with Gasteiger partial charge in [-0.3, -0.25) is 0 Å². The fourth-order valence-electron chi connectivity index (χ4n) is 3.04. The van der Waals surface area contributed by atoms with Crippen LogP contribution in [-0.4, -0.2) is 24.2 Å². The Balaban J connectivity index is 1.53. The van der Waals surface area contributed by atoms with E-state index in [0.29, 0.717) is 5.75 Å². The standard InChI is InChI=1S/C23H21N3O2S/c1-15-5-4-6-22(24-15)26-23-25-19(14-29-23)17-9-7-16(8-10-17)18-11-12-20(27-2)21(13-18)28-3/h4-14H,1-3H3,(H,24,25,26). The Hall–Kier alpha value is -3.38. The second-order valence-corrected chi connectivity index (χ2v) is 7.33. The van der Waals surface area contributed by atoms with Crippen LogP contribution in [0.3, 0.4) is 0 Å². The molecular formula is C23H21N3O2S. The van der Waals surface area contributed by atoms with E-state index in [1.165, 1.54) is 0 Å². The number of hydrogen-bond donors (Lipinski definition) is 1. The van der Waals surface area contributed by atoms with Gasteiger partial charge >= 0.3 is 0 Å². The summed E-state index contributed by atoms with van der Waals surface area (Å²) in [4.78, 5) is 9.15. The zero-order chi connectivity index (χ0) is 20.2. The molecule has 0 aliphatic carbocycles. The largest absolute Gasteiger partial charge is 0.493 e. The zero-order valence-electron chi connectivity index (χ0n) is 16.5. The van der Waals surface area contributed by atoms with Crippen molar-refractivity contribution in [1.82, 2.24) is 9.97 Å². The Labute approximate surface area is 174 Å². The zero-order valence-corrected chi connectivity index (χ0v) is 17.3. The summed E-state index contributed by atoms with van der Waals surface area (Å²) in [6, 6.07) is 20.1. The molecule has 0 spiro atoms. The van der Waals surface area contributed by atoms with E-state index < -0.39 is 0 Å². The number of methoxy groups -OCH3 is 2. The van der Waals surface area contributed by atoms with E-state index in [-0.39, 0.29) is 0 Å². The van der Waals surface area contributed by atoms with Gasteiger partial charge in [0.2, 0.25) is 0 Å². The molecular weight excluding hydrogens is 382 g/mol. The number of pyridine rings is 1. The van der Waals surface area contributed by atoms with Gasteiger partial charge in [-0.25, -0.2) is 9.97 Å². The number of rotatable bonds is 6. The summed E-state index contributed by atoms with van der Waals surface area (Å²) in [7, 11) is 3.28. The Bertz CT molecular complexity index is 1120. The third kappa shape index (κ3) is 4.22. The molecule has 0 bridgehead atoms. The van der Waals surface area contributed by atoms with E-state index in [4.69, 9.17) is 9.47 Å². The molecule has 0 aliphatic heterocycles. The molecule has 5 nitrogen and oxygen atoms in total. The van der Waals surface area contributed by atoms with Crippen LogP contribution < -0.4 is 14.8 Å². The summed E-state index contributed by atoms with van der Waals surface area (Å²) in [6.45, 7) is 1.97. The number of anilines is 2. The van der Waals surface area contributed by atoms with Crippen molar-refractivity contribution in [2.45, 2.75) is 6.92 Å². The number of thiazole rings is 1. The van der Waals surface area contributed by atoms with Crippen molar-refractivity contribution in [3.63, 3.8) is 0 Å². The fourth-order valence-corrected chi connectivity index (χ4v) is 3.76. The smallest absolute Gasteiger partial charge is 0.188 e. The van der Waals surface area contributed by atoms with Gasteiger partial charge in [-0.2, -0.15) is 0 Å². The summed E-state index contributed by atoms with van der Waals surface area (Å²) in [5.41, 5.74) is 5.14. The first-order valence-corrected chi connectivity index (χ1v) is 10.0. The van der Waals surface area contributed by atoms with Crippen molar-refractivity contribution in [3.05, 3.63) is 71.7 Å². The van der Waals surface area contributed by atoms with Crippen molar-refractivity contribution in [2.24, 2.45) is 0 Å². The molecule has 0 atom stereocenters. The van der Waals surface area contributed by atoms with E-state index in [9.17, 15) is 0 Å². The van der Waals surface area contributed by atoms with Crippen molar-refractivity contribution < 1.29 is 9.47 Å². The lowest BCUT2D eigenvalue weighted by molar-refractivity contribution is 0.355. The van der Waals surface area contributed by atoms with Crippen LogP contribution in [0.25, 0.3) is 22.4 Å². The van der Waals surface area contributed by atoms with E-state index in [2.05, 4.69) is 39.6 Å². The number of ether oxygens (including phenoxy) is 2. The van der Waals surface area contributed by atoms with E-state index in [1.54, 1.807) is 25.6 Å². The summed E-state index contributed by atoms with van der Waals surface area (Å²) >= 11 is 1.56. The van der Waals surface area contributed by atoms with Crippen LogP contribution in [-0.2, 0) is 0 Å². The molecule has 146 valence electrons. The number of aryl methyl sites for hydroxylation is 1. The predicted molar refractivity (Wildman–Crippen MR) is 118 cm³/mol. The Kier molecular flexibility index (Phi) is 5.44. The highest BCUT2D eigenvalue weighted by Gasteiger charge is 2.09. The lowest BCUT2D eigenvalue weighted by atomic mass is 10.0. The fraction of sp³-hybridized carbons (Fsp3) is 0.130. The minimum absolute atomic E-state index is 0.717. The van der Waals surface area contributed by atoms with E-state index >= 15 is 0 Å². The lowest BCUT2D eigenvalue weighted by Crippen LogP contribution is -1.93. The van der Waals surface area contributed by atoms with Gasteiger partial charge in [0, 0.05) is 16.6 Å². The van der Waals surface area contributed by atoms with Crippen molar-refractivity contribution in [2.75, 3.05) is 19.5 Å². The molecule has 2 aromatic heterocycles. The van der Waals surface area contributed by atoms with Crippen molar-refractivity contribution in [3.8, 4) is 33.9 Å². The molecule has 0 radical (unpaired) electrons. The topological polar surface area (TPSA) is 56.3 Å². The Morgan fingerprint density at radius 3 is 2.24 bits per heavy atom. The molecule has 0 saturated heterocycles. The molecule has 2 heterocycles. The normalized spacial score (nSPS) is 10.6. The summed E-state index contributed by atoms with van der Waals surface area (Å²) in [6.07, 6.45) is 0. The van der Waals surface area contributed by atoms with Gasteiger partial charge in [0.25, 0.3) is 0 Å². The second-order valence-electron chi connectivity index (χ2n) is 6.47. The monoisotopic (exact) mass is 403 g/mol. The molecule has 0 amide bonds. The first-order chi connectivity index (χ1) is 14.2. The predicted octanol–water partition coefficient (Wildman–Crippen LogP) is 5.94. The molecule has 0 aliphatic rings. The SMILES string of the molecule is COc1ccc(-c2ccc(-c3csc(Nc4cccc(C)n4)n3)cc2)cc1OC. The average Bonchev–Trinajstić information content (AvgIpc) is 3.22. The van der Waals surface area contributed by atoms with E-state index in [1.807, 2.05) is 48.7 Å². The Morgan fingerprint density at radius 2 is 1.52 bits per heavy atom. The van der Waals surface area contributed by atoms with Gasteiger partial charge < -0.3 is 14.8 Å². The van der Waals surface area contributed by atoms with Crippen LogP contribution >= 0.6 is 11.3 Å². The summed E-state index contributed by atoms with van der Waals surface area (Å²) in [5, 5.41) is 6.13. The number of aromatic nitrogens is 2. The number of nitrogens with one attached hydrogen (secondary N) is 1. The van der Waals surface area contributed by atoms with Crippen LogP contribution in [0.15, 0.2) is 66.0 Å². The maximum absolute atomic E-state index is 5.40. The van der Waals surface area contributed by atoms with Crippen LogP contribution in [0.2, 0.25) is 0 Å². The van der Waals surface area contributed by atoms with Gasteiger partial charge in [0.1, 0.15) is 5.82 Å². The van der Waals surface area contributed by atoms with Crippen LogP contribution in [0.1, 0.15) is 5.69 Å². The third-order valence-electron chi connectivity index (χ3n) is 4.53. The number of hydrogen-bond acceptors (Lipinski definition) is 6. The summed E-state index contributed by atoms with van der Waals surface area (Å²) in [5.74, 6) is 2.24. The minimum Gasteiger partial charge on any atom is -0.493 e.